The van der Waals surface area contributed by atoms with Gasteiger partial charge in [0.25, 0.3) is 0 Å². The third-order valence-electron chi connectivity index (χ3n) is 2.73. The highest BCUT2D eigenvalue weighted by Crippen LogP contribution is 2.09. The number of rotatable bonds is 6. The lowest BCUT2D eigenvalue weighted by Crippen LogP contribution is -2.27. The van der Waals surface area contributed by atoms with Gasteiger partial charge < -0.3 is 15.4 Å². The summed E-state index contributed by atoms with van der Waals surface area (Å²) in [5, 5.41) is 5.60. The van der Waals surface area contributed by atoms with E-state index in [0.29, 0.717) is 18.1 Å². The Labute approximate surface area is 122 Å². The molecule has 1 amide bonds. The van der Waals surface area contributed by atoms with Crippen LogP contribution >= 0.6 is 0 Å². The molecule has 0 fully saturated rings. The first-order valence-corrected chi connectivity index (χ1v) is 6.42. The summed E-state index contributed by atoms with van der Waals surface area (Å²) in [4.78, 5) is 15.8. The molecule has 0 bridgehead atoms. The summed E-state index contributed by atoms with van der Waals surface area (Å²) in [6.07, 6.45) is 1.68. The van der Waals surface area contributed by atoms with Gasteiger partial charge in [0.05, 0.1) is 13.7 Å². The summed E-state index contributed by atoms with van der Waals surface area (Å²) in [5.74, 6) is -0.0743. The van der Waals surface area contributed by atoms with Gasteiger partial charge in [0.1, 0.15) is 5.82 Å². The Morgan fingerprint density at radius 2 is 2.19 bits per heavy atom. The molecule has 0 atom stereocenters. The molecule has 21 heavy (non-hydrogen) atoms. The van der Waals surface area contributed by atoms with Crippen LogP contribution in [0.1, 0.15) is 5.56 Å². The van der Waals surface area contributed by atoms with Crippen LogP contribution in [0.5, 0.6) is 5.88 Å². The summed E-state index contributed by atoms with van der Waals surface area (Å²) in [6.45, 7) is 0.635. The Hall–Kier alpha value is -2.47. The molecule has 0 unspecified atom stereocenters. The molecule has 0 aliphatic rings. The highest BCUT2D eigenvalue weighted by molar-refractivity contribution is 5.92. The second-order valence-corrected chi connectivity index (χ2v) is 4.37. The fourth-order valence-electron chi connectivity index (χ4n) is 1.73. The Bertz CT molecular complexity index is 602. The number of ether oxygens (including phenoxy) is 1. The van der Waals surface area contributed by atoms with Gasteiger partial charge in [0, 0.05) is 24.5 Å². The number of hydrogen-bond acceptors (Lipinski definition) is 4. The maximum atomic E-state index is 13.0. The van der Waals surface area contributed by atoms with Crippen LogP contribution in [0.3, 0.4) is 0 Å². The normalized spacial score (nSPS) is 10.2. The van der Waals surface area contributed by atoms with Crippen molar-refractivity contribution in [1.29, 1.82) is 0 Å². The Kier molecular flexibility index (Phi) is 5.22. The number of nitrogens with one attached hydrogen (secondary N) is 2. The lowest BCUT2D eigenvalue weighted by molar-refractivity contribution is -0.115. The van der Waals surface area contributed by atoms with Crippen molar-refractivity contribution in [2.24, 2.45) is 0 Å². The number of pyridine rings is 1. The molecule has 2 aromatic rings. The average Bonchev–Trinajstić information content (AvgIpc) is 2.48. The highest BCUT2D eigenvalue weighted by Gasteiger charge is 2.03. The van der Waals surface area contributed by atoms with E-state index in [9.17, 15) is 9.18 Å². The minimum absolute atomic E-state index is 0.128. The smallest absolute Gasteiger partial charge is 0.238 e. The molecule has 0 saturated heterocycles. The molecule has 0 aliphatic carbocycles. The number of carbonyl (C=O) groups excluding carboxylic acids is 1. The van der Waals surface area contributed by atoms with Crippen molar-refractivity contribution >= 4 is 11.6 Å². The Morgan fingerprint density at radius 1 is 1.33 bits per heavy atom. The first-order valence-electron chi connectivity index (χ1n) is 6.42. The van der Waals surface area contributed by atoms with Crippen LogP contribution in [0.25, 0.3) is 0 Å². The van der Waals surface area contributed by atoms with Crippen LogP contribution in [-0.2, 0) is 11.3 Å². The summed E-state index contributed by atoms with van der Waals surface area (Å²) in [7, 11) is 1.55. The van der Waals surface area contributed by atoms with Gasteiger partial charge >= 0.3 is 0 Å². The summed E-state index contributed by atoms with van der Waals surface area (Å²) < 4.78 is 17.9. The predicted molar refractivity (Wildman–Crippen MR) is 77.5 cm³/mol. The zero-order valence-corrected chi connectivity index (χ0v) is 11.6. The van der Waals surface area contributed by atoms with Crippen LogP contribution in [0.2, 0.25) is 0 Å². The summed E-state index contributed by atoms with van der Waals surface area (Å²) >= 11 is 0. The van der Waals surface area contributed by atoms with E-state index in [1.54, 1.807) is 31.5 Å². The van der Waals surface area contributed by atoms with Crippen molar-refractivity contribution in [2.45, 2.75) is 6.54 Å². The van der Waals surface area contributed by atoms with Crippen LogP contribution in [0.15, 0.2) is 42.6 Å². The second-order valence-electron chi connectivity index (χ2n) is 4.37. The van der Waals surface area contributed by atoms with Gasteiger partial charge in [-0.15, -0.1) is 0 Å². The number of aromatic nitrogens is 1. The van der Waals surface area contributed by atoms with E-state index in [4.69, 9.17) is 4.74 Å². The molecular formula is C15H16FN3O2. The average molecular weight is 289 g/mol. The molecule has 1 aromatic heterocycles. The number of carbonyl (C=O) groups is 1. The van der Waals surface area contributed by atoms with Gasteiger partial charge in [-0.2, -0.15) is 0 Å². The molecule has 0 saturated carbocycles. The number of hydrogen-bond donors (Lipinski definition) is 2. The van der Waals surface area contributed by atoms with E-state index in [2.05, 4.69) is 15.6 Å². The predicted octanol–water partition coefficient (Wildman–Crippen LogP) is 1.96. The standard InChI is InChI=1S/C15H16FN3O2/c1-21-15-6-5-11(9-18-15)8-17-10-14(20)19-13-4-2-3-12(16)7-13/h2-7,9,17H,8,10H2,1H3,(H,19,20). The zero-order chi connectivity index (χ0) is 15.1. The number of amides is 1. The van der Waals surface area contributed by atoms with Crippen LogP contribution in [0, 0.1) is 5.82 Å². The summed E-state index contributed by atoms with van der Waals surface area (Å²) in [5.41, 5.74) is 1.38. The van der Waals surface area contributed by atoms with Crippen molar-refractivity contribution in [3.63, 3.8) is 0 Å². The Morgan fingerprint density at radius 3 is 2.86 bits per heavy atom. The van der Waals surface area contributed by atoms with E-state index in [0.717, 1.165) is 5.56 Å². The minimum Gasteiger partial charge on any atom is -0.481 e. The maximum absolute atomic E-state index is 13.0. The maximum Gasteiger partial charge on any atom is 0.238 e. The molecule has 2 rings (SSSR count). The van der Waals surface area contributed by atoms with Crippen molar-refractivity contribution < 1.29 is 13.9 Å². The lowest BCUT2D eigenvalue weighted by Gasteiger charge is -2.07. The third kappa shape index (κ3) is 4.85. The largest absolute Gasteiger partial charge is 0.481 e. The van der Waals surface area contributed by atoms with E-state index in [-0.39, 0.29) is 18.3 Å². The van der Waals surface area contributed by atoms with Gasteiger partial charge in [-0.1, -0.05) is 12.1 Å². The molecule has 1 aromatic carbocycles. The summed E-state index contributed by atoms with van der Waals surface area (Å²) in [6, 6.07) is 9.39. The quantitative estimate of drug-likeness (QED) is 0.853. The molecule has 6 heteroatoms. The van der Waals surface area contributed by atoms with Crippen molar-refractivity contribution in [2.75, 3.05) is 19.0 Å². The van der Waals surface area contributed by atoms with Crippen molar-refractivity contribution in [3.05, 3.63) is 54.0 Å². The number of methoxy groups -OCH3 is 1. The number of anilines is 1. The van der Waals surface area contributed by atoms with Crippen LogP contribution < -0.4 is 15.4 Å². The van der Waals surface area contributed by atoms with Crippen LogP contribution in [0.4, 0.5) is 10.1 Å². The molecular weight excluding hydrogens is 273 g/mol. The monoisotopic (exact) mass is 289 g/mol. The molecule has 5 nitrogen and oxygen atoms in total. The Balaban J connectivity index is 1.76. The van der Waals surface area contributed by atoms with E-state index in [1.807, 2.05) is 6.07 Å². The third-order valence-corrected chi connectivity index (χ3v) is 2.73. The second kappa shape index (κ2) is 7.35. The molecule has 1 heterocycles. The van der Waals surface area contributed by atoms with Gasteiger partial charge in [-0.3, -0.25) is 4.79 Å². The molecule has 0 spiro atoms. The van der Waals surface area contributed by atoms with E-state index < -0.39 is 0 Å². The zero-order valence-electron chi connectivity index (χ0n) is 11.6. The molecule has 0 aliphatic heterocycles. The van der Waals surface area contributed by atoms with Gasteiger partial charge in [-0.25, -0.2) is 9.37 Å². The van der Waals surface area contributed by atoms with Crippen molar-refractivity contribution in [1.82, 2.24) is 10.3 Å². The van der Waals surface area contributed by atoms with E-state index in [1.165, 1.54) is 12.1 Å². The molecule has 0 radical (unpaired) electrons. The number of nitrogens with zero attached hydrogens (tertiary/aromatic N) is 1. The molecule has 110 valence electrons. The van der Waals surface area contributed by atoms with Crippen molar-refractivity contribution in [3.8, 4) is 5.88 Å². The highest BCUT2D eigenvalue weighted by atomic mass is 19.1. The van der Waals surface area contributed by atoms with Gasteiger partial charge in [-0.05, 0) is 23.8 Å². The fraction of sp³-hybridized carbons (Fsp3) is 0.200. The first kappa shape index (κ1) is 14.9. The van der Waals surface area contributed by atoms with Crippen LogP contribution in [-0.4, -0.2) is 24.5 Å². The first-order chi connectivity index (χ1) is 10.2. The van der Waals surface area contributed by atoms with Gasteiger partial charge in [0.15, 0.2) is 0 Å². The number of benzene rings is 1. The minimum atomic E-state index is -0.384. The van der Waals surface area contributed by atoms with Gasteiger partial charge in [0.2, 0.25) is 11.8 Å². The topological polar surface area (TPSA) is 63.2 Å². The molecule has 2 N–H and O–H groups in total. The lowest BCUT2D eigenvalue weighted by atomic mass is 10.3. The van der Waals surface area contributed by atoms with E-state index >= 15 is 0 Å². The number of halogens is 1. The SMILES string of the molecule is COc1ccc(CNCC(=O)Nc2cccc(F)c2)cn1. The fourth-order valence-corrected chi connectivity index (χ4v) is 1.73.